The van der Waals surface area contributed by atoms with Crippen LogP contribution in [0.5, 0.6) is 0 Å². The van der Waals surface area contributed by atoms with Crippen LogP contribution < -0.4 is 0 Å². The third kappa shape index (κ3) is 7.79. The van der Waals surface area contributed by atoms with Crippen molar-refractivity contribution in [1.82, 2.24) is 0 Å². The maximum atomic E-state index is 12.9. The molecule has 0 spiro atoms. The normalized spacial score (nSPS) is 13.4. The molecule has 1 aromatic carbocycles. The number of hydrogen-bond acceptors (Lipinski definition) is 3. The first-order valence-corrected chi connectivity index (χ1v) is 13.0. The van der Waals surface area contributed by atoms with E-state index in [0.29, 0.717) is 24.4 Å². The Morgan fingerprint density at radius 1 is 0.926 bits per heavy atom. The second-order valence-electron chi connectivity index (χ2n) is 9.08. The van der Waals surface area contributed by atoms with Crippen molar-refractivity contribution in [3.63, 3.8) is 0 Å². The highest BCUT2D eigenvalue weighted by molar-refractivity contribution is 6.74. The number of rotatable bonds is 11. The van der Waals surface area contributed by atoms with Crippen LogP contribution in [-0.4, -0.2) is 20.9 Å². The highest BCUT2D eigenvalue weighted by Gasteiger charge is 2.42. The van der Waals surface area contributed by atoms with Crippen molar-refractivity contribution in [2.45, 2.75) is 79.6 Å². The molecular formula is C23H40O3Si. The zero-order valence-electron chi connectivity index (χ0n) is 18.7. The average Bonchev–Trinajstić information content (AvgIpc) is 2.51. The van der Waals surface area contributed by atoms with Gasteiger partial charge < -0.3 is 9.16 Å². The minimum absolute atomic E-state index is 0.250. The van der Waals surface area contributed by atoms with Crippen molar-refractivity contribution in [3.8, 4) is 0 Å². The van der Waals surface area contributed by atoms with Gasteiger partial charge in [-0.25, -0.2) is 4.79 Å². The molecule has 1 aromatic rings. The summed E-state index contributed by atoms with van der Waals surface area (Å²) in [6.45, 7) is 17.8. The molecule has 4 heteroatoms. The molecule has 0 aliphatic carbocycles. The first-order valence-electron chi connectivity index (χ1n) is 10.5. The monoisotopic (exact) mass is 392 g/mol. The lowest BCUT2D eigenvalue weighted by atomic mass is 10.0. The number of esters is 1. The zero-order valence-corrected chi connectivity index (χ0v) is 19.7. The lowest BCUT2D eigenvalue weighted by Gasteiger charge is -2.38. The third-order valence-electron chi connectivity index (χ3n) is 4.68. The van der Waals surface area contributed by atoms with Crippen molar-refractivity contribution in [1.29, 1.82) is 0 Å². The molecule has 0 bridgehead atoms. The Bertz CT molecular complexity index is 554. The molecule has 0 saturated carbocycles. The van der Waals surface area contributed by atoms with Crippen molar-refractivity contribution < 1.29 is 14.0 Å². The number of carbonyl (C=O) groups is 1. The molecule has 0 aromatic heterocycles. The largest absolute Gasteiger partial charge is 0.464 e. The van der Waals surface area contributed by atoms with E-state index in [9.17, 15) is 4.79 Å². The van der Waals surface area contributed by atoms with Crippen molar-refractivity contribution in [2.24, 2.45) is 17.8 Å². The van der Waals surface area contributed by atoms with Gasteiger partial charge in [-0.1, -0.05) is 65.8 Å². The summed E-state index contributed by atoms with van der Waals surface area (Å²) < 4.78 is 12.3. The highest BCUT2D eigenvalue weighted by atomic mass is 28.4. The van der Waals surface area contributed by atoms with E-state index in [1.54, 1.807) is 0 Å². The summed E-state index contributed by atoms with van der Waals surface area (Å²) in [6, 6.07) is 11.3. The first kappa shape index (κ1) is 23.9. The molecule has 0 radical (unpaired) electrons. The van der Waals surface area contributed by atoms with Crippen molar-refractivity contribution in [2.75, 3.05) is 6.61 Å². The van der Waals surface area contributed by atoms with Gasteiger partial charge in [0.15, 0.2) is 14.4 Å². The van der Waals surface area contributed by atoms with E-state index in [1.165, 1.54) is 0 Å². The lowest BCUT2D eigenvalue weighted by Crippen LogP contribution is -2.45. The first-order chi connectivity index (χ1) is 12.6. The fourth-order valence-electron chi connectivity index (χ4n) is 4.21. The quantitative estimate of drug-likeness (QED) is 0.317. The number of carbonyl (C=O) groups excluding carboxylic acids is 1. The number of hydrogen-bond donors (Lipinski definition) is 0. The molecule has 0 aliphatic rings. The molecule has 3 nitrogen and oxygen atoms in total. The Kier molecular flexibility index (Phi) is 9.75. The van der Waals surface area contributed by atoms with Crippen LogP contribution in [0.2, 0.25) is 18.1 Å². The van der Waals surface area contributed by atoms with Gasteiger partial charge in [0.1, 0.15) is 0 Å². The molecule has 0 saturated heterocycles. The molecule has 0 amide bonds. The van der Waals surface area contributed by atoms with Gasteiger partial charge in [0.25, 0.3) is 0 Å². The molecule has 1 unspecified atom stereocenters. The number of benzene rings is 1. The van der Waals surface area contributed by atoms with Crippen LogP contribution in [-0.2, 0) is 14.0 Å². The van der Waals surface area contributed by atoms with E-state index in [4.69, 9.17) is 9.16 Å². The Labute approximate surface area is 168 Å². The van der Waals surface area contributed by atoms with E-state index >= 15 is 0 Å². The molecule has 27 heavy (non-hydrogen) atoms. The summed E-state index contributed by atoms with van der Waals surface area (Å²) in [5, 5.41) is 0. The minimum atomic E-state index is -2.15. The summed E-state index contributed by atoms with van der Waals surface area (Å²) in [7, 11) is -2.15. The molecule has 0 fully saturated rings. The SMILES string of the molecule is CCOC(=O)C(O[Si](CC(C)C)(CC(C)C)CC(C)C)c1ccccc1C. The smallest absolute Gasteiger partial charge is 0.338 e. The molecule has 1 atom stereocenters. The lowest BCUT2D eigenvalue weighted by molar-refractivity contribution is -0.152. The molecule has 0 aliphatic heterocycles. The topological polar surface area (TPSA) is 35.5 Å². The summed E-state index contributed by atoms with van der Waals surface area (Å²) in [4.78, 5) is 12.9. The maximum absolute atomic E-state index is 12.9. The Morgan fingerprint density at radius 3 is 1.81 bits per heavy atom. The second-order valence-corrected chi connectivity index (χ2v) is 12.9. The van der Waals surface area contributed by atoms with E-state index in [1.807, 2.05) is 38.1 Å². The van der Waals surface area contributed by atoms with Crippen LogP contribution in [0.15, 0.2) is 24.3 Å². The van der Waals surface area contributed by atoms with Gasteiger partial charge in [-0.15, -0.1) is 0 Å². The Hall–Kier alpha value is -1.13. The Morgan fingerprint density at radius 2 is 1.41 bits per heavy atom. The standard InChI is InChI=1S/C23H40O3Si/c1-9-25-23(24)22(21-13-11-10-12-20(21)8)26-27(14-17(2)3,15-18(4)5)16-19(6)7/h10-13,17-19,22H,9,14-16H2,1-8H3. The fourth-order valence-corrected chi connectivity index (χ4v) is 10.2. The minimum Gasteiger partial charge on any atom is -0.464 e. The van der Waals surface area contributed by atoms with Gasteiger partial charge in [-0.05, 0) is 60.9 Å². The van der Waals surface area contributed by atoms with Crippen LogP contribution >= 0.6 is 0 Å². The average molecular weight is 393 g/mol. The van der Waals surface area contributed by atoms with E-state index < -0.39 is 14.4 Å². The summed E-state index contributed by atoms with van der Waals surface area (Å²) in [6.07, 6.45) is -0.617. The predicted molar refractivity (Wildman–Crippen MR) is 116 cm³/mol. The number of aryl methyl sites for hydroxylation is 1. The van der Waals surface area contributed by atoms with Crippen LogP contribution in [0.1, 0.15) is 65.7 Å². The highest BCUT2D eigenvalue weighted by Crippen LogP contribution is 2.38. The van der Waals surface area contributed by atoms with Gasteiger partial charge in [-0.2, -0.15) is 0 Å². The van der Waals surface area contributed by atoms with Gasteiger partial charge in [0.05, 0.1) is 6.61 Å². The van der Waals surface area contributed by atoms with Gasteiger partial charge in [-0.3, -0.25) is 0 Å². The number of ether oxygens (including phenoxy) is 1. The fraction of sp³-hybridized carbons (Fsp3) is 0.696. The van der Waals surface area contributed by atoms with Crippen molar-refractivity contribution in [3.05, 3.63) is 35.4 Å². The predicted octanol–water partition coefficient (Wildman–Crippen LogP) is 6.53. The molecule has 0 N–H and O–H groups in total. The van der Waals surface area contributed by atoms with Crippen molar-refractivity contribution >= 4 is 14.3 Å². The molecular weight excluding hydrogens is 352 g/mol. The van der Waals surface area contributed by atoms with Crippen LogP contribution in [0.4, 0.5) is 0 Å². The second kappa shape index (κ2) is 11.0. The molecule has 0 heterocycles. The molecule has 1 rings (SSSR count). The summed E-state index contributed by atoms with van der Waals surface area (Å²) in [5.74, 6) is 1.40. The van der Waals surface area contributed by atoms with Crippen LogP contribution in [0, 0.1) is 24.7 Å². The van der Waals surface area contributed by atoms with Gasteiger partial charge >= 0.3 is 5.97 Å². The van der Waals surface area contributed by atoms with Crippen LogP contribution in [0.25, 0.3) is 0 Å². The van der Waals surface area contributed by atoms with E-state index in [0.717, 1.165) is 29.3 Å². The van der Waals surface area contributed by atoms with Crippen LogP contribution in [0.3, 0.4) is 0 Å². The third-order valence-corrected chi connectivity index (χ3v) is 10.1. The van der Waals surface area contributed by atoms with Gasteiger partial charge in [0, 0.05) is 0 Å². The maximum Gasteiger partial charge on any atom is 0.338 e. The summed E-state index contributed by atoms with van der Waals surface area (Å²) >= 11 is 0. The Balaban J connectivity index is 3.37. The zero-order chi connectivity index (χ0) is 20.6. The summed E-state index contributed by atoms with van der Waals surface area (Å²) in [5.41, 5.74) is 2.03. The van der Waals surface area contributed by atoms with Gasteiger partial charge in [0.2, 0.25) is 0 Å². The van der Waals surface area contributed by atoms with E-state index in [2.05, 4.69) is 41.5 Å². The van der Waals surface area contributed by atoms with E-state index in [-0.39, 0.29) is 5.97 Å². The molecule has 154 valence electrons.